The highest BCUT2D eigenvalue weighted by Crippen LogP contribution is 2.20. The second-order valence-electron chi connectivity index (χ2n) is 28.1. The Kier molecular flexibility index (Phi) is 66.0. The van der Waals surface area contributed by atoms with E-state index >= 15 is 0 Å². The number of piperazine rings is 2. The van der Waals surface area contributed by atoms with E-state index < -0.39 is 0 Å². The third-order valence-electron chi connectivity index (χ3n) is 17.7. The van der Waals surface area contributed by atoms with Crippen LogP contribution in [0.4, 0.5) is 0 Å². The van der Waals surface area contributed by atoms with Crippen molar-refractivity contribution in [2.75, 3.05) is 165 Å². The Balaban J connectivity index is -0.000000215. The maximum atomic E-state index is 11.1. The molecular formula is C74H169N13O. The lowest BCUT2D eigenvalue weighted by Gasteiger charge is -2.34. The molecule has 8 rings (SSSR count). The van der Waals surface area contributed by atoms with Gasteiger partial charge in [-0.2, -0.15) is 0 Å². The van der Waals surface area contributed by atoms with Gasteiger partial charge < -0.3 is 45.3 Å². The van der Waals surface area contributed by atoms with Gasteiger partial charge in [0.05, 0.1) is 6.54 Å². The van der Waals surface area contributed by atoms with Gasteiger partial charge in [-0.1, -0.05) is 90.5 Å². The number of Topliss-reactive ketones (excluding diaryl/α,β-unsaturated/α-hetero) is 1. The van der Waals surface area contributed by atoms with Gasteiger partial charge in [0.2, 0.25) is 0 Å². The van der Waals surface area contributed by atoms with Gasteiger partial charge in [-0.15, -0.1) is 0 Å². The number of hydrogen-bond acceptors (Lipinski definition) is 14. The molecule has 8 heterocycles. The largest absolute Gasteiger partial charge is 0.361 e. The molecule has 8 aliphatic heterocycles. The number of carbonyl (C=O) groups is 1. The molecule has 0 aliphatic carbocycles. The van der Waals surface area contributed by atoms with Crippen molar-refractivity contribution in [1.82, 2.24) is 54.3 Å². The number of ketones is 1. The van der Waals surface area contributed by atoms with Crippen LogP contribution in [-0.4, -0.2) is 274 Å². The highest BCUT2D eigenvalue weighted by atomic mass is 16.1. The fourth-order valence-electron chi connectivity index (χ4n) is 11.6. The van der Waals surface area contributed by atoms with Gasteiger partial charge in [0.1, 0.15) is 11.6 Å². The molecule has 536 valence electrons. The molecule has 14 heteroatoms. The standard InChI is InChI=1S/C10H19NO.C9H20N2.2C9H19N.C8H18N2.C7H14N2.C7H16N2.C7H15N.C3H9N.5CH4/c1-8(2)11-6-4-10(5-7-11)9(3)12;1-9(2)11-6-4-5-10(3)7-8-11;2*1-9(2)10-7-5-3-4-6-8-10;1-8(2)10-6-4-9(3)5-7-10;1-6(2)7-8-4-5-9(7)3;1-7(2)9-5-3-8-4-6-9;1-7(2)8-5-3-4-6-8;1-3(2)4;;;;;/h8,10H,4-7H2,1-3H3;9H,4-8H2,1-3H3;2*9H,3-8H2,1-2H3;8H,4-7H2,1-3H3;6H,4-5H2,1-3H3;7-8H,3-6H2,1-2H3;7H,3-6H2,1-2H3;3H,4H2,1-2H3;5*1H4. The van der Waals surface area contributed by atoms with Gasteiger partial charge in [0, 0.05) is 133 Å². The van der Waals surface area contributed by atoms with Crippen LogP contribution in [0.15, 0.2) is 4.99 Å². The molecule has 0 aromatic heterocycles. The van der Waals surface area contributed by atoms with Gasteiger partial charge >= 0.3 is 0 Å². The fourth-order valence-corrected chi connectivity index (χ4v) is 11.6. The molecule has 7 fully saturated rings. The highest BCUT2D eigenvalue weighted by molar-refractivity contribution is 5.85. The summed E-state index contributed by atoms with van der Waals surface area (Å²) >= 11 is 0. The minimum Gasteiger partial charge on any atom is -0.361 e. The monoisotopic (exact) mass is 1260 g/mol. The molecule has 0 radical (unpaired) electrons. The van der Waals surface area contributed by atoms with Gasteiger partial charge in [0.15, 0.2) is 0 Å². The molecular weight excluding hydrogens is 1090 g/mol. The van der Waals surface area contributed by atoms with Gasteiger partial charge in [-0.05, 0) is 247 Å². The first-order valence-corrected chi connectivity index (χ1v) is 35.0. The Morgan fingerprint density at radius 3 is 0.898 bits per heavy atom. The molecule has 0 atom stereocenters. The van der Waals surface area contributed by atoms with Crippen molar-refractivity contribution in [3.05, 3.63) is 0 Å². The van der Waals surface area contributed by atoms with E-state index in [0.717, 1.165) is 88.4 Å². The second kappa shape index (κ2) is 59.4. The smallest absolute Gasteiger partial charge is 0.133 e. The number of nitrogens with zero attached hydrogens (tertiary/aromatic N) is 11. The third-order valence-corrected chi connectivity index (χ3v) is 17.7. The summed E-state index contributed by atoms with van der Waals surface area (Å²) in [6.45, 7) is 68.8. The summed E-state index contributed by atoms with van der Waals surface area (Å²) in [7, 11) is 6.51. The zero-order valence-electron chi connectivity index (χ0n) is 59.9. The quantitative estimate of drug-likeness (QED) is 0.229. The molecule has 0 aromatic carbocycles. The summed E-state index contributed by atoms with van der Waals surface area (Å²) < 4.78 is 0. The van der Waals surface area contributed by atoms with E-state index in [4.69, 9.17) is 5.73 Å². The fraction of sp³-hybridized carbons (Fsp3) is 0.973. The van der Waals surface area contributed by atoms with Crippen LogP contribution in [0, 0.1) is 11.8 Å². The number of likely N-dealkylation sites (N-methyl/N-ethyl adjacent to an activating group) is 3. The van der Waals surface area contributed by atoms with E-state index in [9.17, 15) is 4.79 Å². The van der Waals surface area contributed by atoms with Gasteiger partial charge in [-0.3, -0.25) is 24.5 Å². The highest BCUT2D eigenvalue weighted by Gasteiger charge is 2.24. The van der Waals surface area contributed by atoms with E-state index in [1.165, 1.54) is 181 Å². The first-order valence-electron chi connectivity index (χ1n) is 35.0. The summed E-state index contributed by atoms with van der Waals surface area (Å²) in [5.41, 5.74) is 5.11. The number of aliphatic imine (C=N–C) groups is 1. The molecule has 7 saturated heterocycles. The molecule has 3 N–H and O–H groups in total. The third kappa shape index (κ3) is 50.2. The lowest BCUT2D eigenvalue weighted by Crippen LogP contribution is -2.47. The van der Waals surface area contributed by atoms with Crippen molar-refractivity contribution in [2.24, 2.45) is 22.6 Å². The maximum Gasteiger partial charge on any atom is 0.133 e. The van der Waals surface area contributed by atoms with Crippen LogP contribution >= 0.6 is 0 Å². The van der Waals surface area contributed by atoms with Crippen molar-refractivity contribution >= 4 is 11.6 Å². The van der Waals surface area contributed by atoms with Crippen molar-refractivity contribution in [3.8, 4) is 0 Å². The second-order valence-corrected chi connectivity index (χ2v) is 28.1. The van der Waals surface area contributed by atoms with Crippen LogP contribution in [0.25, 0.3) is 0 Å². The van der Waals surface area contributed by atoms with Crippen LogP contribution in [0.1, 0.15) is 252 Å². The summed E-state index contributed by atoms with van der Waals surface area (Å²) in [5.74, 6) is 2.57. The normalized spacial score (nSPS) is 20.7. The lowest BCUT2D eigenvalue weighted by molar-refractivity contribution is -0.122. The minimum atomic E-state index is 0. The molecule has 8 aliphatic rings. The molecule has 0 amide bonds. The van der Waals surface area contributed by atoms with E-state index in [1.807, 2.05) is 13.8 Å². The molecule has 0 aromatic rings. The molecule has 88 heavy (non-hydrogen) atoms. The van der Waals surface area contributed by atoms with Crippen LogP contribution in [0.5, 0.6) is 0 Å². The van der Waals surface area contributed by atoms with Crippen molar-refractivity contribution in [1.29, 1.82) is 0 Å². The summed E-state index contributed by atoms with van der Waals surface area (Å²) in [6, 6.07) is 5.45. The van der Waals surface area contributed by atoms with E-state index in [1.54, 1.807) is 6.92 Å². The Morgan fingerprint density at radius 2 is 0.636 bits per heavy atom. The number of nitrogens with one attached hydrogen (secondary N) is 1. The number of piperidine rings is 1. The zero-order chi connectivity index (χ0) is 62.9. The predicted molar refractivity (Wildman–Crippen MR) is 402 cm³/mol. The molecule has 0 unspecified atom stereocenters. The lowest BCUT2D eigenvalue weighted by atomic mass is 9.93. The van der Waals surface area contributed by atoms with Crippen LogP contribution in [0.2, 0.25) is 0 Å². The summed E-state index contributed by atoms with van der Waals surface area (Å²) in [6.07, 6.45) is 17.7. The number of amidine groups is 1. The average Bonchev–Trinajstić information content (AvgIpc) is 4.00. The van der Waals surface area contributed by atoms with E-state index in [0.29, 0.717) is 29.7 Å². The molecule has 14 nitrogen and oxygen atoms in total. The zero-order valence-corrected chi connectivity index (χ0v) is 59.9. The minimum absolute atomic E-state index is 0. The average molecular weight is 1260 g/mol. The van der Waals surface area contributed by atoms with Crippen LogP contribution < -0.4 is 11.1 Å². The maximum absolute atomic E-state index is 11.1. The SMILES string of the molecule is C.C.C.C.C.CC(=O)C1CCN(C(C)C)CC1.CC(C)C1=NCCN1C.CC(C)N.CC(C)N1CCCC1.CC(C)N1CCCCCC1.CC(C)N1CCCCCC1.CC(C)N1CCCN(C)CC1.CC(C)N1CCN(C)CC1.CC(C)N1CCNCC1. The Morgan fingerprint density at radius 1 is 0.375 bits per heavy atom. The Hall–Kier alpha value is -1.30. The number of likely N-dealkylation sites (tertiary alicyclic amines) is 4. The van der Waals surface area contributed by atoms with Crippen molar-refractivity contribution in [3.63, 3.8) is 0 Å². The topological polar surface area (TPSA) is 99.9 Å². The molecule has 0 saturated carbocycles. The first-order chi connectivity index (χ1) is 39.2. The van der Waals surface area contributed by atoms with Crippen LogP contribution in [-0.2, 0) is 4.79 Å². The predicted octanol–water partition coefficient (Wildman–Crippen LogP) is 14.2. The van der Waals surface area contributed by atoms with Crippen molar-refractivity contribution in [2.45, 2.75) is 300 Å². The van der Waals surface area contributed by atoms with E-state index in [-0.39, 0.29) is 37.1 Å². The van der Waals surface area contributed by atoms with Crippen molar-refractivity contribution < 1.29 is 4.79 Å². The molecule has 0 bridgehead atoms. The number of rotatable bonds is 9. The summed E-state index contributed by atoms with van der Waals surface area (Å²) in [4.78, 5) is 40.2. The number of carbonyl (C=O) groups excluding carboxylic acids is 1. The van der Waals surface area contributed by atoms with Gasteiger partial charge in [-0.25, -0.2) is 0 Å². The summed E-state index contributed by atoms with van der Waals surface area (Å²) in [5, 5.41) is 3.33. The van der Waals surface area contributed by atoms with E-state index in [2.05, 4.69) is 191 Å². The van der Waals surface area contributed by atoms with Crippen LogP contribution in [0.3, 0.4) is 0 Å². The number of nitrogens with two attached hydrogens (primary N) is 1. The van der Waals surface area contributed by atoms with Gasteiger partial charge in [0.25, 0.3) is 0 Å². The number of hydrogen-bond donors (Lipinski definition) is 2. The first kappa shape index (κ1) is 97.8. The Bertz CT molecular complexity index is 1450. The molecule has 0 spiro atoms. The Labute approximate surface area is 556 Å².